The Morgan fingerprint density at radius 1 is 1.04 bits per heavy atom. The Balaban J connectivity index is 1.82. The van der Waals surface area contributed by atoms with Gasteiger partial charge in [0.05, 0.1) is 17.1 Å². The molecule has 0 fully saturated rings. The molecule has 0 spiro atoms. The van der Waals surface area contributed by atoms with Crippen LogP contribution in [0.25, 0.3) is 0 Å². The molecule has 0 aromatic heterocycles. The SMILES string of the molecule is CCOC(=O)c1ccc(NC(=O)CCCN(C)S(=O)(=O)c2ccccc2)cc1. The maximum Gasteiger partial charge on any atom is 0.338 e. The van der Waals surface area contributed by atoms with Crippen LogP contribution in [0.4, 0.5) is 5.69 Å². The smallest absolute Gasteiger partial charge is 0.338 e. The minimum absolute atomic E-state index is 0.175. The molecule has 150 valence electrons. The maximum absolute atomic E-state index is 12.4. The third-order valence-electron chi connectivity index (χ3n) is 4.01. The third kappa shape index (κ3) is 5.90. The van der Waals surface area contributed by atoms with Crippen molar-refractivity contribution >= 4 is 27.6 Å². The molecule has 0 atom stereocenters. The minimum Gasteiger partial charge on any atom is -0.462 e. The van der Waals surface area contributed by atoms with Gasteiger partial charge in [-0.1, -0.05) is 18.2 Å². The van der Waals surface area contributed by atoms with Gasteiger partial charge in [-0.3, -0.25) is 4.79 Å². The molecule has 0 saturated heterocycles. The van der Waals surface area contributed by atoms with Crippen molar-refractivity contribution < 1.29 is 22.7 Å². The van der Waals surface area contributed by atoms with E-state index in [9.17, 15) is 18.0 Å². The van der Waals surface area contributed by atoms with Crippen LogP contribution >= 0.6 is 0 Å². The highest BCUT2D eigenvalue weighted by atomic mass is 32.2. The summed E-state index contributed by atoms with van der Waals surface area (Å²) in [7, 11) is -2.06. The number of amides is 1. The number of nitrogens with zero attached hydrogens (tertiary/aromatic N) is 1. The van der Waals surface area contributed by atoms with E-state index < -0.39 is 16.0 Å². The molecule has 0 heterocycles. The van der Waals surface area contributed by atoms with Crippen molar-refractivity contribution in [1.29, 1.82) is 0 Å². The van der Waals surface area contributed by atoms with Crippen molar-refractivity contribution in [2.75, 3.05) is 25.5 Å². The standard InChI is InChI=1S/C20H24N2O5S/c1-3-27-20(24)16-11-13-17(14-12-16)21-19(23)10-7-15-22(2)28(25,26)18-8-5-4-6-9-18/h4-6,8-9,11-14H,3,7,10,15H2,1-2H3,(H,21,23). The predicted octanol–water partition coefficient (Wildman–Crippen LogP) is 2.90. The second kappa shape index (κ2) is 10.0. The molecule has 7 nitrogen and oxygen atoms in total. The molecular weight excluding hydrogens is 380 g/mol. The van der Waals surface area contributed by atoms with E-state index >= 15 is 0 Å². The Hall–Kier alpha value is -2.71. The summed E-state index contributed by atoms with van der Waals surface area (Å²) in [6, 6.07) is 14.6. The van der Waals surface area contributed by atoms with E-state index in [0.29, 0.717) is 24.3 Å². The van der Waals surface area contributed by atoms with E-state index in [0.717, 1.165) is 0 Å². The molecule has 2 aromatic carbocycles. The zero-order valence-electron chi connectivity index (χ0n) is 15.9. The molecule has 0 aliphatic rings. The molecule has 0 saturated carbocycles. The van der Waals surface area contributed by atoms with E-state index in [2.05, 4.69) is 5.32 Å². The summed E-state index contributed by atoms with van der Waals surface area (Å²) in [6.07, 6.45) is 0.559. The molecule has 0 radical (unpaired) electrons. The van der Waals surface area contributed by atoms with Gasteiger partial charge in [-0.15, -0.1) is 0 Å². The van der Waals surface area contributed by atoms with Crippen LogP contribution in [0.15, 0.2) is 59.5 Å². The summed E-state index contributed by atoms with van der Waals surface area (Å²) >= 11 is 0. The lowest BCUT2D eigenvalue weighted by atomic mass is 10.2. The molecule has 1 amide bonds. The first kappa shape index (κ1) is 21.6. The summed E-state index contributed by atoms with van der Waals surface area (Å²) in [5.41, 5.74) is 0.968. The van der Waals surface area contributed by atoms with Crippen molar-refractivity contribution in [1.82, 2.24) is 4.31 Å². The summed E-state index contributed by atoms with van der Waals surface area (Å²) in [6.45, 7) is 2.26. The molecule has 2 rings (SSSR count). The lowest BCUT2D eigenvalue weighted by Crippen LogP contribution is -2.28. The number of carbonyl (C=O) groups is 2. The zero-order valence-corrected chi connectivity index (χ0v) is 16.7. The Morgan fingerprint density at radius 3 is 2.29 bits per heavy atom. The number of esters is 1. The summed E-state index contributed by atoms with van der Waals surface area (Å²) in [4.78, 5) is 23.9. The average molecular weight is 404 g/mol. The average Bonchev–Trinajstić information content (AvgIpc) is 2.69. The van der Waals surface area contributed by atoms with Gasteiger partial charge in [-0.25, -0.2) is 17.5 Å². The van der Waals surface area contributed by atoms with Crippen LogP contribution in [0.5, 0.6) is 0 Å². The maximum atomic E-state index is 12.4. The van der Waals surface area contributed by atoms with Gasteiger partial charge in [0, 0.05) is 25.7 Å². The minimum atomic E-state index is -3.56. The summed E-state index contributed by atoms with van der Waals surface area (Å²) < 4.78 is 31.0. The topological polar surface area (TPSA) is 92.8 Å². The number of hydrogen-bond donors (Lipinski definition) is 1. The van der Waals surface area contributed by atoms with Gasteiger partial charge in [0.1, 0.15) is 0 Å². The van der Waals surface area contributed by atoms with E-state index in [1.807, 2.05) is 0 Å². The second-order valence-corrected chi connectivity index (χ2v) is 8.13. The highest BCUT2D eigenvalue weighted by Crippen LogP contribution is 2.15. The second-order valence-electron chi connectivity index (χ2n) is 6.09. The molecule has 28 heavy (non-hydrogen) atoms. The summed E-state index contributed by atoms with van der Waals surface area (Å²) in [5.74, 6) is -0.641. The van der Waals surface area contributed by atoms with Crippen molar-refractivity contribution in [2.24, 2.45) is 0 Å². The van der Waals surface area contributed by atoms with E-state index in [4.69, 9.17) is 4.74 Å². The van der Waals surface area contributed by atoms with Gasteiger partial charge < -0.3 is 10.1 Å². The highest BCUT2D eigenvalue weighted by molar-refractivity contribution is 7.89. The number of carbonyl (C=O) groups excluding carboxylic acids is 2. The predicted molar refractivity (Wildman–Crippen MR) is 107 cm³/mol. The van der Waals surface area contributed by atoms with Crippen LogP contribution in [0, 0.1) is 0 Å². The van der Waals surface area contributed by atoms with Crippen molar-refractivity contribution in [2.45, 2.75) is 24.7 Å². The van der Waals surface area contributed by atoms with Gasteiger partial charge in [0.15, 0.2) is 0 Å². The monoisotopic (exact) mass is 404 g/mol. The van der Waals surface area contributed by atoms with Crippen LogP contribution in [-0.2, 0) is 19.6 Å². The molecule has 0 aliphatic heterocycles. The molecule has 8 heteroatoms. The van der Waals surface area contributed by atoms with Gasteiger partial charge >= 0.3 is 5.97 Å². The molecular formula is C20H24N2O5S. The lowest BCUT2D eigenvalue weighted by molar-refractivity contribution is -0.116. The molecule has 0 aliphatic carbocycles. The number of hydrogen-bond acceptors (Lipinski definition) is 5. The fraction of sp³-hybridized carbons (Fsp3) is 0.300. The first-order valence-electron chi connectivity index (χ1n) is 8.93. The van der Waals surface area contributed by atoms with Crippen molar-refractivity contribution in [3.63, 3.8) is 0 Å². The first-order valence-corrected chi connectivity index (χ1v) is 10.4. The first-order chi connectivity index (χ1) is 13.3. The summed E-state index contributed by atoms with van der Waals surface area (Å²) in [5, 5.41) is 2.73. The largest absolute Gasteiger partial charge is 0.462 e. The quantitative estimate of drug-likeness (QED) is 0.649. The Morgan fingerprint density at radius 2 is 1.68 bits per heavy atom. The van der Waals surface area contributed by atoms with Gasteiger partial charge in [-0.2, -0.15) is 0 Å². The fourth-order valence-electron chi connectivity index (χ4n) is 2.48. The van der Waals surface area contributed by atoms with E-state index in [1.54, 1.807) is 61.5 Å². The van der Waals surface area contributed by atoms with Crippen LogP contribution in [-0.4, -0.2) is 44.8 Å². The van der Waals surface area contributed by atoms with Crippen molar-refractivity contribution in [3.8, 4) is 0 Å². The highest BCUT2D eigenvalue weighted by Gasteiger charge is 2.20. The van der Waals surface area contributed by atoms with Gasteiger partial charge in [0.2, 0.25) is 15.9 Å². The molecule has 1 N–H and O–H groups in total. The third-order valence-corrected chi connectivity index (χ3v) is 5.88. The number of benzene rings is 2. The normalized spacial score (nSPS) is 11.2. The van der Waals surface area contributed by atoms with Gasteiger partial charge in [-0.05, 0) is 49.7 Å². The van der Waals surface area contributed by atoms with E-state index in [-0.39, 0.29) is 23.8 Å². The van der Waals surface area contributed by atoms with Crippen LogP contribution in [0.3, 0.4) is 0 Å². The van der Waals surface area contributed by atoms with Crippen molar-refractivity contribution in [3.05, 3.63) is 60.2 Å². The number of anilines is 1. The fourth-order valence-corrected chi connectivity index (χ4v) is 3.71. The molecule has 0 unspecified atom stereocenters. The number of rotatable bonds is 9. The van der Waals surface area contributed by atoms with Crippen LogP contribution in [0.2, 0.25) is 0 Å². The Kier molecular flexibility index (Phi) is 7.71. The lowest BCUT2D eigenvalue weighted by Gasteiger charge is -2.17. The zero-order chi connectivity index (χ0) is 20.6. The number of nitrogens with one attached hydrogen (secondary N) is 1. The number of sulfonamides is 1. The number of ether oxygens (including phenoxy) is 1. The van der Waals surface area contributed by atoms with E-state index in [1.165, 1.54) is 11.4 Å². The Labute approximate surface area is 165 Å². The molecule has 0 bridgehead atoms. The van der Waals surface area contributed by atoms with Gasteiger partial charge in [0.25, 0.3) is 0 Å². The van der Waals surface area contributed by atoms with Crippen LogP contribution < -0.4 is 5.32 Å². The van der Waals surface area contributed by atoms with Crippen LogP contribution in [0.1, 0.15) is 30.1 Å². The Bertz CT molecular complexity index is 896. The molecule has 2 aromatic rings.